The number of piperazine rings is 1. The third-order valence-corrected chi connectivity index (χ3v) is 7.08. The summed E-state index contributed by atoms with van der Waals surface area (Å²) in [6.07, 6.45) is 6.40. The van der Waals surface area contributed by atoms with E-state index in [1.54, 1.807) is 41.2 Å². The van der Waals surface area contributed by atoms with Crippen molar-refractivity contribution in [1.29, 1.82) is 0 Å². The van der Waals surface area contributed by atoms with Crippen LogP contribution >= 0.6 is 0 Å². The summed E-state index contributed by atoms with van der Waals surface area (Å²) in [6.45, 7) is 3.46. The highest BCUT2D eigenvalue weighted by molar-refractivity contribution is 5.94. The molecular formula is C26H35N5O5. The lowest BCUT2D eigenvalue weighted by Gasteiger charge is -2.34. The number of rotatable bonds is 7. The predicted octanol–water partition coefficient (Wildman–Crippen LogP) is 2.68. The number of aromatic nitrogens is 2. The van der Waals surface area contributed by atoms with E-state index in [-0.39, 0.29) is 24.1 Å². The molecule has 2 fully saturated rings. The van der Waals surface area contributed by atoms with Crippen molar-refractivity contribution in [3.05, 3.63) is 41.5 Å². The van der Waals surface area contributed by atoms with Crippen molar-refractivity contribution in [2.75, 3.05) is 33.3 Å². The molecule has 0 spiro atoms. The molecule has 2 aliphatic rings. The monoisotopic (exact) mass is 497 g/mol. The molecule has 1 aliphatic heterocycles. The first-order chi connectivity index (χ1) is 17.4. The van der Waals surface area contributed by atoms with Gasteiger partial charge >= 0.3 is 0 Å². The Kier molecular flexibility index (Phi) is 8.22. The molecule has 0 radical (unpaired) electrons. The number of hydrogen-bond acceptors (Lipinski definition) is 7. The minimum Gasteiger partial charge on any atom is -0.497 e. The summed E-state index contributed by atoms with van der Waals surface area (Å²) in [6, 6.07) is 7.04. The van der Waals surface area contributed by atoms with E-state index in [0.29, 0.717) is 55.6 Å². The van der Waals surface area contributed by atoms with Crippen molar-refractivity contribution >= 4 is 17.7 Å². The number of hydrogen-bond donors (Lipinski definition) is 1. The topological polar surface area (TPSA) is 118 Å². The molecule has 36 heavy (non-hydrogen) atoms. The number of nitrogens with one attached hydrogen (secondary N) is 1. The highest BCUT2D eigenvalue weighted by Crippen LogP contribution is 2.34. The highest BCUT2D eigenvalue weighted by atomic mass is 16.5. The minimum atomic E-state index is -0.596. The van der Waals surface area contributed by atoms with Crippen LogP contribution in [0, 0.1) is 0 Å². The molecule has 0 unspecified atom stereocenters. The normalized spacial score (nSPS) is 17.8. The van der Waals surface area contributed by atoms with Gasteiger partial charge in [0.2, 0.25) is 17.7 Å². The number of aryl methyl sites for hydroxylation is 1. The molecule has 1 aliphatic carbocycles. The lowest BCUT2D eigenvalue weighted by molar-refractivity contribution is -0.132. The average Bonchev–Trinajstić information content (AvgIpc) is 3.26. The number of methoxy groups -OCH3 is 1. The Morgan fingerprint density at radius 1 is 1.00 bits per heavy atom. The van der Waals surface area contributed by atoms with Gasteiger partial charge in [-0.05, 0) is 37.1 Å². The first kappa shape index (κ1) is 25.7. The molecule has 194 valence electrons. The van der Waals surface area contributed by atoms with E-state index in [9.17, 15) is 14.4 Å². The Bertz CT molecular complexity index is 1050. The van der Waals surface area contributed by atoms with Gasteiger partial charge in [0.25, 0.3) is 5.91 Å². The van der Waals surface area contributed by atoms with Crippen LogP contribution in [0.3, 0.4) is 0 Å². The van der Waals surface area contributed by atoms with Crippen LogP contribution < -0.4 is 10.1 Å². The Morgan fingerprint density at radius 2 is 1.64 bits per heavy atom. The van der Waals surface area contributed by atoms with E-state index >= 15 is 0 Å². The van der Waals surface area contributed by atoms with Crippen LogP contribution in [0.1, 0.15) is 73.9 Å². The largest absolute Gasteiger partial charge is 0.497 e. The summed E-state index contributed by atoms with van der Waals surface area (Å²) in [5.74, 6) is 1.46. The van der Waals surface area contributed by atoms with Crippen molar-refractivity contribution < 1.29 is 23.6 Å². The summed E-state index contributed by atoms with van der Waals surface area (Å²) in [5.41, 5.74) is 0.00869. The van der Waals surface area contributed by atoms with Gasteiger partial charge in [-0.3, -0.25) is 14.4 Å². The van der Waals surface area contributed by atoms with Gasteiger partial charge in [-0.25, -0.2) is 0 Å². The van der Waals surface area contributed by atoms with Gasteiger partial charge in [-0.1, -0.05) is 30.8 Å². The van der Waals surface area contributed by atoms with Crippen molar-refractivity contribution in [2.45, 2.75) is 63.8 Å². The Hall–Kier alpha value is -3.43. The minimum absolute atomic E-state index is 0.00247. The fourth-order valence-electron chi connectivity index (χ4n) is 5.07. The van der Waals surface area contributed by atoms with Crippen LogP contribution in [0.4, 0.5) is 0 Å². The zero-order chi connectivity index (χ0) is 25.5. The van der Waals surface area contributed by atoms with Crippen LogP contribution in [0.5, 0.6) is 5.75 Å². The van der Waals surface area contributed by atoms with Crippen LogP contribution in [0.2, 0.25) is 0 Å². The Balaban J connectivity index is 1.29. The Labute approximate surface area is 211 Å². The van der Waals surface area contributed by atoms with E-state index in [0.717, 1.165) is 38.5 Å². The number of ether oxygens (including phenoxy) is 1. The average molecular weight is 498 g/mol. The van der Waals surface area contributed by atoms with Gasteiger partial charge in [0.05, 0.1) is 7.11 Å². The van der Waals surface area contributed by atoms with Crippen LogP contribution in [-0.4, -0.2) is 71.0 Å². The van der Waals surface area contributed by atoms with E-state index in [1.165, 1.54) is 6.92 Å². The van der Waals surface area contributed by atoms with Crippen molar-refractivity contribution in [3.8, 4) is 5.75 Å². The van der Waals surface area contributed by atoms with Gasteiger partial charge in [-0.2, -0.15) is 4.98 Å². The third kappa shape index (κ3) is 6.03. The number of carbonyl (C=O) groups excluding carboxylic acids is 3. The molecule has 1 aromatic carbocycles. The summed E-state index contributed by atoms with van der Waals surface area (Å²) in [4.78, 5) is 45.6. The van der Waals surface area contributed by atoms with Crippen molar-refractivity contribution in [2.24, 2.45) is 0 Å². The zero-order valence-corrected chi connectivity index (χ0v) is 21.1. The lowest BCUT2D eigenvalue weighted by atomic mass is 9.89. The Morgan fingerprint density at radius 3 is 2.25 bits per heavy atom. The second-order valence-electron chi connectivity index (χ2n) is 9.59. The maximum absolute atomic E-state index is 12.8. The molecule has 1 N–H and O–H groups in total. The maximum Gasteiger partial charge on any atom is 0.253 e. The van der Waals surface area contributed by atoms with Gasteiger partial charge in [0, 0.05) is 51.5 Å². The summed E-state index contributed by atoms with van der Waals surface area (Å²) < 4.78 is 10.6. The van der Waals surface area contributed by atoms with E-state index < -0.39 is 5.54 Å². The second-order valence-corrected chi connectivity index (χ2v) is 9.59. The third-order valence-electron chi connectivity index (χ3n) is 7.08. The molecule has 2 aromatic rings. The number of nitrogens with zero attached hydrogens (tertiary/aromatic N) is 4. The second kappa shape index (κ2) is 11.5. The van der Waals surface area contributed by atoms with Gasteiger partial charge < -0.3 is 24.4 Å². The summed E-state index contributed by atoms with van der Waals surface area (Å²) >= 11 is 0. The predicted molar refractivity (Wildman–Crippen MR) is 131 cm³/mol. The van der Waals surface area contributed by atoms with Crippen molar-refractivity contribution in [1.82, 2.24) is 25.3 Å². The lowest BCUT2D eigenvalue weighted by Crippen LogP contribution is -2.50. The fraction of sp³-hybridized carbons (Fsp3) is 0.577. The first-order valence-corrected chi connectivity index (χ1v) is 12.7. The van der Waals surface area contributed by atoms with Crippen LogP contribution in [0.25, 0.3) is 0 Å². The number of carbonyl (C=O) groups is 3. The number of benzene rings is 1. The van der Waals surface area contributed by atoms with Gasteiger partial charge in [0.15, 0.2) is 5.82 Å². The standard InChI is InChI=1S/C26H35N5O5/c1-19(32)28-26(13-5-3-4-6-14-26)25-27-22(36-29-25)11-12-23(33)30-15-17-31(18-16-30)24(34)20-7-9-21(35-2)10-8-20/h7-10H,3-6,11-18H2,1-2H3,(H,28,32). The molecule has 3 amide bonds. The number of amides is 3. The first-order valence-electron chi connectivity index (χ1n) is 12.7. The van der Waals surface area contributed by atoms with Crippen molar-refractivity contribution in [3.63, 3.8) is 0 Å². The molecule has 2 heterocycles. The van der Waals surface area contributed by atoms with E-state index in [2.05, 4.69) is 15.5 Å². The van der Waals surface area contributed by atoms with Crippen LogP contribution in [-0.2, 0) is 21.5 Å². The summed E-state index contributed by atoms with van der Waals surface area (Å²) in [5, 5.41) is 7.26. The molecule has 1 saturated carbocycles. The molecule has 10 heteroatoms. The molecule has 0 atom stereocenters. The molecular weight excluding hydrogens is 462 g/mol. The SMILES string of the molecule is COc1ccc(C(=O)N2CCN(C(=O)CCc3nc(C4(NC(C)=O)CCCCCC4)no3)CC2)cc1. The van der Waals surface area contributed by atoms with E-state index in [4.69, 9.17) is 9.26 Å². The van der Waals surface area contributed by atoms with Crippen LogP contribution in [0.15, 0.2) is 28.8 Å². The highest BCUT2D eigenvalue weighted by Gasteiger charge is 2.38. The smallest absolute Gasteiger partial charge is 0.253 e. The quantitative estimate of drug-likeness (QED) is 0.584. The molecule has 10 nitrogen and oxygen atoms in total. The van der Waals surface area contributed by atoms with E-state index in [1.807, 2.05) is 0 Å². The summed E-state index contributed by atoms with van der Waals surface area (Å²) in [7, 11) is 1.59. The molecule has 4 rings (SSSR count). The molecule has 1 aromatic heterocycles. The zero-order valence-electron chi connectivity index (χ0n) is 21.1. The van der Waals surface area contributed by atoms with Gasteiger partial charge in [0.1, 0.15) is 11.3 Å². The maximum atomic E-state index is 12.8. The molecule has 1 saturated heterocycles. The van der Waals surface area contributed by atoms with Gasteiger partial charge in [-0.15, -0.1) is 0 Å². The molecule has 0 bridgehead atoms. The fourth-order valence-corrected chi connectivity index (χ4v) is 5.07.